The molecule has 6 nitrogen and oxygen atoms in total. The van der Waals surface area contributed by atoms with Crippen LogP contribution in [0.2, 0.25) is 0 Å². The number of rotatable bonds is 5. The third kappa shape index (κ3) is 4.75. The van der Waals surface area contributed by atoms with Gasteiger partial charge in [-0.05, 0) is 57.0 Å². The fraction of sp³-hybridized carbons (Fsp3) is 0.600. The van der Waals surface area contributed by atoms with Crippen LogP contribution in [0.4, 0.5) is 11.4 Å². The predicted octanol–water partition coefficient (Wildman–Crippen LogP) is 3.15. The van der Waals surface area contributed by atoms with E-state index in [0.29, 0.717) is 17.1 Å². The van der Waals surface area contributed by atoms with Gasteiger partial charge in [-0.2, -0.15) is 0 Å². The molecule has 0 unspecified atom stereocenters. The summed E-state index contributed by atoms with van der Waals surface area (Å²) in [5.41, 5.74) is 1.31. The Bertz CT molecular complexity index is 635. The molecular weight excluding hydrogens is 330 g/mol. The van der Waals surface area contributed by atoms with Gasteiger partial charge in [0.15, 0.2) is 0 Å². The van der Waals surface area contributed by atoms with Gasteiger partial charge in [-0.15, -0.1) is 0 Å². The molecule has 1 saturated carbocycles. The zero-order valence-corrected chi connectivity index (χ0v) is 15.5. The summed E-state index contributed by atoms with van der Waals surface area (Å²) in [5, 5.41) is 9.25. The standard InChI is InChI=1S/C20H29N3O3/c1-26-18-8-7-16(22-19(24)15-9-11-21-12-10-15)13-17(18)23-20(25)14-5-3-2-4-6-14/h7-8,13-15,21H,2-6,9-12H2,1H3,(H,22,24)(H,23,25). The number of hydrogen-bond acceptors (Lipinski definition) is 4. The average molecular weight is 359 g/mol. The number of carbonyl (C=O) groups is 2. The summed E-state index contributed by atoms with van der Waals surface area (Å²) in [7, 11) is 1.58. The van der Waals surface area contributed by atoms with Gasteiger partial charge in [-0.1, -0.05) is 19.3 Å². The van der Waals surface area contributed by atoms with Crippen LogP contribution in [-0.4, -0.2) is 32.0 Å². The molecular formula is C20H29N3O3. The molecule has 6 heteroatoms. The van der Waals surface area contributed by atoms with E-state index in [-0.39, 0.29) is 23.7 Å². The average Bonchev–Trinajstić information content (AvgIpc) is 2.69. The highest BCUT2D eigenvalue weighted by molar-refractivity contribution is 5.97. The minimum Gasteiger partial charge on any atom is -0.495 e. The Labute approximate surface area is 155 Å². The van der Waals surface area contributed by atoms with Gasteiger partial charge in [0.1, 0.15) is 5.75 Å². The third-order valence-corrected chi connectivity index (χ3v) is 5.41. The van der Waals surface area contributed by atoms with Gasteiger partial charge in [-0.3, -0.25) is 9.59 Å². The van der Waals surface area contributed by atoms with Crippen LogP contribution in [0.15, 0.2) is 18.2 Å². The van der Waals surface area contributed by atoms with Crippen LogP contribution in [0.25, 0.3) is 0 Å². The van der Waals surface area contributed by atoms with Crippen molar-refractivity contribution in [3.05, 3.63) is 18.2 Å². The Kier molecular flexibility index (Phi) is 6.50. The molecule has 1 heterocycles. The minimum atomic E-state index is 0.0404. The van der Waals surface area contributed by atoms with E-state index in [1.807, 2.05) is 6.07 Å². The van der Waals surface area contributed by atoms with E-state index in [0.717, 1.165) is 51.6 Å². The van der Waals surface area contributed by atoms with Crippen molar-refractivity contribution >= 4 is 23.2 Å². The van der Waals surface area contributed by atoms with Gasteiger partial charge in [0.2, 0.25) is 11.8 Å². The summed E-state index contributed by atoms with van der Waals surface area (Å²) in [6.07, 6.45) is 7.04. The molecule has 0 spiro atoms. The second kappa shape index (κ2) is 9.03. The Balaban J connectivity index is 1.67. The van der Waals surface area contributed by atoms with E-state index < -0.39 is 0 Å². The molecule has 0 bridgehead atoms. The summed E-state index contributed by atoms with van der Waals surface area (Å²) in [6, 6.07) is 5.39. The lowest BCUT2D eigenvalue weighted by atomic mass is 9.88. The first-order chi connectivity index (χ1) is 12.7. The first kappa shape index (κ1) is 18.7. The molecule has 1 aliphatic heterocycles. The Hall–Kier alpha value is -2.08. The number of benzene rings is 1. The molecule has 1 aliphatic carbocycles. The maximum absolute atomic E-state index is 12.6. The van der Waals surface area contributed by atoms with Gasteiger partial charge >= 0.3 is 0 Å². The quantitative estimate of drug-likeness (QED) is 0.754. The summed E-state index contributed by atoms with van der Waals surface area (Å²) in [4.78, 5) is 25.0. The molecule has 0 atom stereocenters. The van der Waals surface area contributed by atoms with Crippen molar-refractivity contribution in [1.29, 1.82) is 0 Å². The minimum absolute atomic E-state index is 0.0404. The van der Waals surface area contributed by atoms with Crippen LogP contribution in [0.3, 0.4) is 0 Å². The molecule has 3 N–H and O–H groups in total. The Morgan fingerprint density at radius 1 is 0.962 bits per heavy atom. The second-order valence-electron chi connectivity index (χ2n) is 7.25. The SMILES string of the molecule is COc1ccc(NC(=O)C2CCNCC2)cc1NC(=O)C1CCCCC1. The van der Waals surface area contributed by atoms with Crippen molar-refractivity contribution in [2.75, 3.05) is 30.8 Å². The highest BCUT2D eigenvalue weighted by atomic mass is 16.5. The van der Waals surface area contributed by atoms with E-state index >= 15 is 0 Å². The van der Waals surface area contributed by atoms with E-state index in [1.54, 1.807) is 19.2 Å². The van der Waals surface area contributed by atoms with Crippen LogP contribution >= 0.6 is 0 Å². The van der Waals surface area contributed by atoms with Crippen molar-refractivity contribution in [3.8, 4) is 5.75 Å². The summed E-state index contributed by atoms with van der Waals surface area (Å²) >= 11 is 0. The topological polar surface area (TPSA) is 79.5 Å². The number of nitrogens with one attached hydrogen (secondary N) is 3. The largest absolute Gasteiger partial charge is 0.495 e. The zero-order chi connectivity index (χ0) is 18.4. The predicted molar refractivity (Wildman–Crippen MR) is 102 cm³/mol. The molecule has 1 saturated heterocycles. The van der Waals surface area contributed by atoms with Gasteiger partial charge < -0.3 is 20.7 Å². The van der Waals surface area contributed by atoms with Crippen molar-refractivity contribution in [2.24, 2.45) is 11.8 Å². The maximum atomic E-state index is 12.6. The van der Waals surface area contributed by atoms with E-state index in [1.165, 1.54) is 6.42 Å². The molecule has 2 fully saturated rings. The molecule has 2 amide bonds. The number of ether oxygens (including phenoxy) is 1. The van der Waals surface area contributed by atoms with Crippen LogP contribution in [-0.2, 0) is 9.59 Å². The molecule has 1 aromatic carbocycles. The highest BCUT2D eigenvalue weighted by Gasteiger charge is 2.23. The fourth-order valence-electron chi connectivity index (χ4n) is 3.81. The lowest BCUT2D eigenvalue weighted by Crippen LogP contribution is -2.34. The van der Waals surface area contributed by atoms with Gasteiger partial charge in [0.25, 0.3) is 0 Å². The Morgan fingerprint density at radius 3 is 2.31 bits per heavy atom. The number of amides is 2. The van der Waals surface area contributed by atoms with Crippen LogP contribution in [0.1, 0.15) is 44.9 Å². The number of hydrogen-bond donors (Lipinski definition) is 3. The van der Waals surface area contributed by atoms with Crippen LogP contribution in [0, 0.1) is 11.8 Å². The molecule has 2 aliphatic rings. The smallest absolute Gasteiger partial charge is 0.227 e. The second-order valence-corrected chi connectivity index (χ2v) is 7.25. The van der Waals surface area contributed by atoms with Gasteiger partial charge in [0, 0.05) is 17.5 Å². The lowest BCUT2D eigenvalue weighted by Gasteiger charge is -2.23. The lowest BCUT2D eigenvalue weighted by molar-refractivity contribution is -0.121. The van der Waals surface area contributed by atoms with Crippen molar-refractivity contribution in [1.82, 2.24) is 5.32 Å². The van der Waals surface area contributed by atoms with Crippen molar-refractivity contribution in [2.45, 2.75) is 44.9 Å². The van der Waals surface area contributed by atoms with Crippen LogP contribution < -0.4 is 20.7 Å². The fourth-order valence-corrected chi connectivity index (χ4v) is 3.81. The highest BCUT2D eigenvalue weighted by Crippen LogP contribution is 2.31. The Morgan fingerprint density at radius 2 is 1.62 bits per heavy atom. The molecule has 0 radical (unpaired) electrons. The molecule has 26 heavy (non-hydrogen) atoms. The van der Waals surface area contributed by atoms with E-state index in [9.17, 15) is 9.59 Å². The van der Waals surface area contributed by atoms with Crippen LogP contribution in [0.5, 0.6) is 5.75 Å². The van der Waals surface area contributed by atoms with Gasteiger partial charge in [0.05, 0.1) is 12.8 Å². The number of methoxy groups -OCH3 is 1. The monoisotopic (exact) mass is 359 g/mol. The number of anilines is 2. The van der Waals surface area contributed by atoms with Crippen molar-refractivity contribution in [3.63, 3.8) is 0 Å². The van der Waals surface area contributed by atoms with Gasteiger partial charge in [-0.25, -0.2) is 0 Å². The van der Waals surface area contributed by atoms with E-state index in [2.05, 4.69) is 16.0 Å². The van der Waals surface area contributed by atoms with Crippen molar-refractivity contribution < 1.29 is 14.3 Å². The van der Waals surface area contributed by atoms with E-state index in [4.69, 9.17) is 4.74 Å². The summed E-state index contributed by atoms with van der Waals surface area (Å²) in [5.74, 6) is 0.806. The maximum Gasteiger partial charge on any atom is 0.227 e. The summed E-state index contributed by atoms with van der Waals surface area (Å²) in [6.45, 7) is 1.76. The summed E-state index contributed by atoms with van der Waals surface area (Å²) < 4.78 is 5.37. The molecule has 1 aromatic rings. The molecule has 0 aromatic heterocycles. The first-order valence-electron chi connectivity index (χ1n) is 9.68. The number of carbonyl (C=O) groups excluding carboxylic acids is 2. The number of piperidine rings is 1. The third-order valence-electron chi connectivity index (χ3n) is 5.41. The normalized spacial score (nSPS) is 19.0. The zero-order valence-electron chi connectivity index (χ0n) is 15.5. The first-order valence-corrected chi connectivity index (χ1v) is 9.68. The molecule has 3 rings (SSSR count). The molecule has 142 valence electrons.